The van der Waals surface area contributed by atoms with Crippen molar-refractivity contribution in [3.63, 3.8) is 0 Å². The molecule has 0 bridgehead atoms. The van der Waals surface area contributed by atoms with E-state index in [2.05, 4.69) is 4.98 Å². The van der Waals surface area contributed by atoms with Crippen LogP contribution in [0.2, 0.25) is 5.02 Å². The number of ether oxygens (including phenoxy) is 1. The molecule has 0 aliphatic rings. The molecule has 0 aliphatic heterocycles. The van der Waals surface area contributed by atoms with Gasteiger partial charge in [0.05, 0.1) is 6.42 Å². The van der Waals surface area contributed by atoms with E-state index in [9.17, 15) is 24.0 Å². The highest BCUT2D eigenvalue weighted by Crippen LogP contribution is 2.18. The molecule has 0 spiro atoms. The number of ketones is 1. The molecule has 1 heterocycles. The zero-order chi connectivity index (χ0) is 25.3. The molecule has 0 saturated heterocycles. The fraction of sp³-hybridized carbons (Fsp3) is 0.435. The van der Waals surface area contributed by atoms with Crippen LogP contribution < -0.4 is 21.9 Å². The minimum absolute atomic E-state index is 0.0944. The lowest BCUT2D eigenvalue weighted by molar-refractivity contribution is -0.147. The number of nitrogens with zero attached hydrogens (tertiary/aromatic N) is 2. The first-order valence-corrected chi connectivity index (χ1v) is 11.4. The van der Waals surface area contributed by atoms with Crippen LogP contribution in [0.15, 0.2) is 33.9 Å². The molecule has 0 unspecified atom stereocenters. The number of H-pyrrole nitrogens is 1. The highest BCUT2D eigenvalue weighted by atomic mass is 35.5. The number of amides is 1. The Morgan fingerprint density at radius 3 is 2.38 bits per heavy atom. The van der Waals surface area contributed by atoms with E-state index in [1.54, 1.807) is 24.3 Å². The topological polar surface area (TPSA) is 145 Å². The second-order valence-electron chi connectivity index (χ2n) is 7.63. The van der Waals surface area contributed by atoms with Crippen molar-refractivity contribution in [2.75, 3.05) is 23.8 Å². The Balaban J connectivity index is 2.08. The van der Waals surface area contributed by atoms with Crippen LogP contribution in [0.1, 0.15) is 56.3 Å². The van der Waals surface area contributed by atoms with Crippen molar-refractivity contribution < 1.29 is 19.1 Å². The highest BCUT2D eigenvalue weighted by Gasteiger charge is 2.25. The van der Waals surface area contributed by atoms with Gasteiger partial charge in [0, 0.05) is 30.1 Å². The average Bonchev–Trinajstić information content (AvgIpc) is 2.81. The Morgan fingerprint density at radius 2 is 1.76 bits per heavy atom. The number of unbranched alkanes of at least 4 members (excludes halogenated alkanes) is 1. The van der Waals surface area contributed by atoms with Gasteiger partial charge in [-0.05, 0) is 37.1 Å². The summed E-state index contributed by atoms with van der Waals surface area (Å²) in [6, 6.07) is 6.28. The molecule has 3 N–H and O–H groups in total. The van der Waals surface area contributed by atoms with Crippen LogP contribution in [-0.2, 0) is 20.9 Å². The molecular weight excluding hydrogens is 464 g/mol. The lowest BCUT2D eigenvalue weighted by Crippen LogP contribution is -2.43. The second-order valence-corrected chi connectivity index (χ2v) is 8.07. The molecule has 0 fully saturated rings. The van der Waals surface area contributed by atoms with Crippen LogP contribution >= 0.6 is 11.6 Å². The third-order valence-corrected chi connectivity index (χ3v) is 5.30. The van der Waals surface area contributed by atoms with Crippen LogP contribution in [0.25, 0.3) is 0 Å². The van der Waals surface area contributed by atoms with Crippen LogP contribution in [0.3, 0.4) is 0 Å². The van der Waals surface area contributed by atoms with Crippen LogP contribution in [0.5, 0.6) is 0 Å². The maximum Gasteiger partial charge on any atom is 0.330 e. The molecule has 11 heteroatoms. The molecule has 1 aromatic carbocycles. The predicted octanol–water partition coefficient (Wildman–Crippen LogP) is 2.52. The van der Waals surface area contributed by atoms with Gasteiger partial charge in [0.2, 0.25) is 0 Å². The van der Waals surface area contributed by atoms with E-state index in [1.807, 2.05) is 13.8 Å². The smallest absolute Gasteiger partial charge is 0.330 e. The fourth-order valence-corrected chi connectivity index (χ4v) is 3.38. The molecule has 1 aromatic heterocycles. The van der Waals surface area contributed by atoms with Crippen LogP contribution in [0, 0.1) is 0 Å². The van der Waals surface area contributed by atoms with E-state index in [-0.39, 0.29) is 43.2 Å². The molecule has 34 heavy (non-hydrogen) atoms. The van der Waals surface area contributed by atoms with E-state index >= 15 is 0 Å². The maximum atomic E-state index is 12.9. The van der Waals surface area contributed by atoms with Crippen molar-refractivity contribution >= 4 is 40.8 Å². The molecular formula is C23H29ClN4O6. The monoisotopic (exact) mass is 492 g/mol. The third-order valence-electron chi connectivity index (χ3n) is 5.05. The largest absolute Gasteiger partial charge is 0.456 e. The summed E-state index contributed by atoms with van der Waals surface area (Å²) in [6.07, 6.45) is 1.56. The lowest BCUT2D eigenvalue weighted by Gasteiger charge is -2.24. The van der Waals surface area contributed by atoms with Crippen molar-refractivity contribution in [3.05, 3.63) is 55.7 Å². The Kier molecular flexibility index (Phi) is 10.1. The second kappa shape index (κ2) is 12.7. The Labute approximate surface area is 201 Å². The van der Waals surface area contributed by atoms with Gasteiger partial charge < -0.3 is 15.4 Å². The van der Waals surface area contributed by atoms with E-state index < -0.39 is 29.7 Å². The summed E-state index contributed by atoms with van der Waals surface area (Å²) in [5, 5.41) is 0.492. The Morgan fingerprint density at radius 1 is 1.09 bits per heavy atom. The number of nitrogens with two attached hydrogens (primary N) is 1. The first-order valence-electron chi connectivity index (χ1n) is 11.1. The molecule has 184 valence electrons. The number of carbonyl (C=O) groups excluding carboxylic acids is 3. The van der Waals surface area contributed by atoms with Gasteiger partial charge in [-0.25, -0.2) is 4.79 Å². The lowest BCUT2D eigenvalue weighted by atomic mass is 10.1. The molecule has 0 atom stereocenters. The molecule has 0 radical (unpaired) electrons. The zero-order valence-corrected chi connectivity index (χ0v) is 20.0. The van der Waals surface area contributed by atoms with Gasteiger partial charge >= 0.3 is 11.7 Å². The van der Waals surface area contributed by atoms with Gasteiger partial charge in [-0.2, -0.15) is 0 Å². The van der Waals surface area contributed by atoms with E-state index in [0.29, 0.717) is 23.4 Å². The normalized spacial score (nSPS) is 10.7. The first-order chi connectivity index (χ1) is 16.2. The Bertz CT molecular complexity index is 1140. The third kappa shape index (κ3) is 7.05. The number of Topliss-reactive ketones (excluding diaryl/α,β-unsaturated/α-hetero) is 1. The molecule has 0 saturated carbocycles. The number of aromatic amines is 1. The number of esters is 1. The summed E-state index contributed by atoms with van der Waals surface area (Å²) < 4.78 is 6.24. The molecule has 2 rings (SSSR count). The van der Waals surface area contributed by atoms with Crippen molar-refractivity contribution in [1.82, 2.24) is 9.55 Å². The predicted molar refractivity (Wildman–Crippen MR) is 129 cm³/mol. The number of nitrogen functional groups attached to an aromatic ring is 1. The number of halogens is 1. The number of aromatic nitrogens is 2. The SMILES string of the molecule is CCCCN(C(=O)COC(=O)CCC(=O)c1ccc(Cl)cc1)c1c(N)n(CCC)c(=O)[nH]c1=O. The van der Waals surface area contributed by atoms with Crippen molar-refractivity contribution in [2.24, 2.45) is 0 Å². The number of carbonyl (C=O) groups is 3. The van der Waals surface area contributed by atoms with Crippen molar-refractivity contribution in [1.29, 1.82) is 0 Å². The summed E-state index contributed by atoms with van der Waals surface area (Å²) in [7, 11) is 0. The summed E-state index contributed by atoms with van der Waals surface area (Å²) in [6.45, 7) is 3.53. The number of hydrogen-bond acceptors (Lipinski definition) is 7. The standard InChI is InChI=1S/C23H29ClN4O6/c1-3-5-13-27(20-21(25)28(12-4-2)23(33)26-22(20)32)18(30)14-34-19(31)11-10-17(29)15-6-8-16(24)9-7-15/h6-9H,3-5,10-14,25H2,1-2H3,(H,26,32,33). The molecule has 2 aromatic rings. The number of benzene rings is 1. The summed E-state index contributed by atoms with van der Waals surface area (Å²) in [5.74, 6) is -1.78. The van der Waals surface area contributed by atoms with Crippen LogP contribution in [0.4, 0.5) is 11.5 Å². The fourth-order valence-electron chi connectivity index (χ4n) is 3.25. The van der Waals surface area contributed by atoms with Crippen molar-refractivity contribution in [3.8, 4) is 0 Å². The number of anilines is 2. The van der Waals surface area contributed by atoms with Gasteiger partial charge in [0.25, 0.3) is 11.5 Å². The van der Waals surface area contributed by atoms with Gasteiger partial charge in [0.15, 0.2) is 18.1 Å². The maximum absolute atomic E-state index is 12.9. The Hall–Kier alpha value is -3.40. The number of rotatable bonds is 12. The van der Waals surface area contributed by atoms with E-state index in [4.69, 9.17) is 22.1 Å². The quantitative estimate of drug-likeness (QED) is 0.342. The molecule has 10 nitrogen and oxygen atoms in total. The molecule has 1 amide bonds. The summed E-state index contributed by atoms with van der Waals surface area (Å²) in [5.41, 5.74) is 4.89. The number of hydrogen-bond donors (Lipinski definition) is 2. The summed E-state index contributed by atoms with van der Waals surface area (Å²) in [4.78, 5) is 65.1. The van der Waals surface area contributed by atoms with Crippen molar-refractivity contribution in [2.45, 2.75) is 52.5 Å². The zero-order valence-electron chi connectivity index (χ0n) is 19.3. The van der Waals surface area contributed by atoms with Gasteiger partial charge in [-0.15, -0.1) is 0 Å². The minimum atomic E-state index is -0.792. The highest BCUT2D eigenvalue weighted by molar-refractivity contribution is 6.30. The van der Waals surface area contributed by atoms with E-state index in [1.165, 1.54) is 4.57 Å². The van der Waals surface area contributed by atoms with Gasteiger partial charge in [-0.3, -0.25) is 28.7 Å². The minimum Gasteiger partial charge on any atom is -0.456 e. The first kappa shape index (κ1) is 26.8. The number of nitrogens with one attached hydrogen (secondary N) is 1. The average molecular weight is 493 g/mol. The van der Waals surface area contributed by atoms with Gasteiger partial charge in [-0.1, -0.05) is 31.9 Å². The van der Waals surface area contributed by atoms with E-state index in [0.717, 1.165) is 11.3 Å². The molecule has 0 aliphatic carbocycles. The summed E-state index contributed by atoms with van der Waals surface area (Å²) >= 11 is 5.80. The van der Waals surface area contributed by atoms with Gasteiger partial charge in [0.1, 0.15) is 5.82 Å². The van der Waals surface area contributed by atoms with Crippen LogP contribution in [-0.4, -0.2) is 40.4 Å².